The molecule has 0 atom stereocenters. The van der Waals surface area contributed by atoms with Crippen LogP contribution < -0.4 is 42.3 Å². The maximum atomic E-state index is 6.99. The van der Waals surface area contributed by atoms with E-state index in [9.17, 15) is 0 Å². The molecule has 10 aromatic rings. The van der Waals surface area contributed by atoms with Crippen LogP contribution in [0.3, 0.4) is 0 Å². The van der Waals surface area contributed by atoms with Crippen molar-refractivity contribution in [2.45, 2.75) is 0 Å². The molecule has 2 aliphatic rings. The zero-order valence-corrected chi connectivity index (χ0v) is 29.8. The first kappa shape index (κ1) is 30.0. The van der Waals surface area contributed by atoms with Crippen LogP contribution in [0.5, 0.6) is 23.0 Å². The van der Waals surface area contributed by atoms with Crippen molar-refractivity contribution in [2.75, 3.05) is 0 Å². The van der Waals surface area contributed by atoms with E-state index in [4.69, 9.17) is 14.5 Å². The lowest BCUT2D eigenvalue weighted by Crippen LogP contribution is -2.60. The Bertz CT molecular complexity index is 3150. The summed E-state index contributed by atoms with van der Waals surface area (Å²) in [7, 11) is 0. The summed E-state index contributed by atoms with van der Waals surface area (Å²) < 4.78 is 18.5. The van der Waals surface area contributed by atoms with E-state index in [-0.39, 0.29) is 13.4 Å². The maximum absolute atomic E-state index is 6.99. The van der Waals surface area contributed by atoms with Crippen LogP contribution in [0.4, 0.5) is 0 Å². The predicted molar refractivity (Wildman–Crippen MR) is 227 cm³/mol. The largest absolute Gasteiger partial charge is 0.459 e. The van der Waals surface area contributed by atoms with Gasteiger partial charge in [-0.2, -0.15) is 0 Å². The Balaban J connectivity index is 1.11. The van der Waals surface area contributed by atoms with E-state index in [2.05, 4.69) is 168 Å². The predicted octanol–water partition coefficient (Wildman–Crippen LogP) is 7.79. The van der Waals surface area contributed by atoms with E-state index in [0.29, 0.717) is 0 Å². The van der Waals surface area contributed by atoms with E-state index in [0.717, 1.165) is 56.2 Å². The van der Waals surface area contributed by atoms with E-state index in [1.54, 1.807) is 0 Å². The van der Waals surface area contributed by atoms with Gasteiger partial charge in [-0.05, 0) is 58.9 Å². The van der Waals surface area contributed by atoms with Crippen LogP contribution in [0.2, 0.25) is 0 Å². The van der Waals surface area contributed by atoms with Gasteiger partial charge in [0, 0.05) is 37.9 Å². The first-order valence-electron chi connectivity index (χ1n) is 18.4. The van der Waals surface area contributed by atoms with Crippen LogP contribution in [0.25, 0.3) is 47.8 Å². The molecule has 0 amide bonds. The van der Waals surface area contributed by atoms with Crippen LogP contribution in [0, 0.1) is 0 Å². The minimum absolute atomic E-state index is 0.0267. The van der Waals surface area contributed by atoms with E-state index in [1.165, 1.54) is 47.3 Å². The lowest BCUT2D eigenvalue weighted by Gasteiger charge is -2.33. The minimum atomic E-state index is -0.128. The number of fused-ring (bicyclic) bond motifs is 11. The number of para-hydroxylation sites is 3. The Labute approximate surface area is 316 Å². The number of pyridine rings is 1. The maximum Gasteiger partial charge on any atom is 0.255 e. The molecule has 3 aromatic heterocycles. The quantitative estimate of drug-likeness (QED) is 0.176. The highest BCUT2D eigenvalue weighted by Crippen LogP contribution is 2.40. The van der Waals surface area contributed by atoms with Gasteiger partial charge in [0.1, 0.15) is 23.0 Å². The van der Waals surface area contributed by atoms with Gasteiger partial charge in [-0.3, -0.25) is 4.57 Å². The first-order valence-corrected chi connectivity index (χ1v) is 19.2. The molecule has 0 spiro atoms. The molecular weight excluding hydrogens is 678 g/mol. The number of hydrogen-bond acceptors (Lipinski definition) is 4. The topological polar surface area (TPSA) is 36.3 Å². The van der Waals surface area contributed by atoms with Crippen molar-refractivity contribution in [3.05, 3.63) is 170 Å². The van der Waals surface area contributed by atoms with Crippen molar-refractivity contribution in [1.82, 2.24) is 9.55 Å². The zero-order valence-electron chi connectivity index (χ0n) is 28.9. The summed E-state index contributed by atoms with van der Waals surface area (Å²) in [5.74, 6) is 4.41. The monoisotopic (exact) mass is 706 g/mol. The third-order valence-corrected chi connectivity index (χ3v) is 12.5. The second-order valence-corrected chi connectivity index (χ2v) is 15.2. The molecule has 12 rings (SSSR count). The zero-order chi connectivity index (χ0) is 35.3. The molecule has 0 saturated heterocycles. The molecule has 0 bridgehead atoms. The number of benzene rings is 7. The molecule has 0 aliphatic carbocycles. The first-order chi connectivity index (χ1) is 26.8. The summed E-state index contributed by atoms with van der Waals surface area (Å²) in [6.07, 6.45) is 1.95. The molecule has 0 N–H and O–H groups in total. The SMILES string of the molecule is c1ccc(B2c3ccccc3Oc3c2ccc2c3B(c3ccc4c(c3)c3ccccc3n4-c3nccc4c3sc3ccccc34)c3ccccc3O2)cc1. The Morgan fingerprint density at radius 3 is 2.06 bits per heavy atom. The number of nitrogens with zero attached hydrogens (tertiary/aromatic N) is 2. The third kappa shape index (κ3) is 4.24. The highest BCUT2D eigenvalue weighted by molar-refractivity contribution is 7.26. The second kappa shape index (κ2) is 11.5. The number of rotatable bonds is 3. The van der Waals surface area contributed by atoms with Crippen molar-refractivity contribution in [3.63, 3.8) is 0 Å². The van der Waals surface area contributed by atoms with E-state index < -0.39 is 0 Å². The Kier molecular flexibility index (Phi) is 6.36. The molecule has 4 nitrogen and oxygen atoms in total. The van der Waals surface area contributed by atoms with Crippen molar-refractivity contribution < 1.29 is 9.47 Å². The molecule has 250 valence electrons. The molecule has 2 aliphatic heterocycles. The van der Waals surface area contributed by atoms with E-state index >= 15 is 0 Å². The van der Waals surface area contributed by atoms with Crippen LogP contribution in [-0.2, 0) is 0 Å². The summed E-state index contributed by atoms with van der Waals surface area (Å²) in [4.78, 5) is 5.06. The van der Waals surface area contributed by atoms with Gasteiger partial charge in [-0.1, -0.05) is 132 Å². The number of ether oxygens (including phenoxy) is 2. The van der Waals surface area contributed by atoms with Crippen LogP contribution >= 0.6 is 11.3 Å². The summed E-state index contributed by atoms with van der Waals surface area (Å²) >= 11 is 1.81. The Morgan fingerprint density at radius 1 is 0.481 bits per heavy atom. The fourth-order valence-electron chi connectivity index (χ4n) is 9.02. The summed E-state index contributed by atoms with van der Waals surface area (Å²) in [5.41, 5.74) is 9.17. The fourth-order valence-corrected chi connectivity index (χ4v) is 10.2. The molecule has 0 saturated carbocycles. The van der Waals surface area contributed by atoms with E-state index in [1.807, 2.05) is 17.5 Å². The summed E-state index contributed by atoms with van der Waals surface area (Å²) in [6.45, 7) is -0.101. The van der Waals surface area contributed by atoms with Gasteiger partial charge in [-0.25, -0.2) is 4.98 Å². The van der Waals surface area contributed by atoms with Gasteiger partial charge in [0.2, 0.25) is 0 Å². The highest BCUT2D eigenvalue weighted by atomic mass is 32.1. The molecule has 54 heavy (non-hydrogen) atoms. The Hall–Kier alpha value is -6.56. The fraction of sp³-hybridized carbons (Fsp3) is 0. The molecule has 0 radical (unpaired) electrons. The highest BCUT2D eigenvalue weighted by Gasteiger charge is 2.41. The minimum Gasteiger partial charge on any atom is -0.459 e. The van der Waals surface area contributed by atoms with Crippen LogP contribution in [-0.4, -0.2) is 23.0 Å². The van der Waals surface area contributed by atoms with Crippen LogP contribution in [0.1, 0.15) is 0 Å². The van der Waals surface area contributed by atoms with Crippen molar-refractivity contribution in [3.8, 4) is 28.8 Å². The average Bonchev–Trinajstić information content (AvgIpc) is 3.78. The van der Waals surface area contributed by atoms with Gasteiger partial charge in [0.05, 0.1) is 15.7 Å². The number of thiophene rings is 1. The standard InChI is InChI=1S/C47H28B2N2O2S/c1-2-12-29(13-3-1)48-35-16-6-10-20-41(35)53-45-37(48)23-25-42-44(45)49(36-17-7-9-19-40(36)52-42)30-22-24-39-34(28-30)31-14-4-8-18-38(31)51(39)47-46-33(26-27-50-47)32-15-5-11-21-43(32)54-46/h1-28H. The summed E-state index contributed by atoms with van der Waals surface area (Å²) in [6, 6.07) is 58.5. The number of aromatic nitrogens is 2. The van der Waals surface area contributed by atoms with Gasteiger partial charge < -0.3 is 9.47 Å². The van der Waals surface area contributed by atoms with Crippen LogP contribution in [0.15, 0.2) is 170 Å². The molecular formula is C47H28B2N2O2S. The van der Waals surface area contributed by atoms with Gasteiger partial charge in [0.15, 0.2) is 5.82 Å². The van der Waals surface area contributed by atoms with Gasteiger partial charge in [-0.15, -0.1) is 11.3 Å². The summed E-state index contributed by atoms with van der Waals surface area (Å²) in [5, 5.41) is 4.88. The van der Waals surface area contributed by atoms with Crippen molar-refractivity contribution in [2.24, 2.45) is 0 Å². The molecule has 0 fully saturated rings. The normalized spacial score (nSPS) is 13.0. The second-order valence-electron chi connectivity index (χ2n) is 14.2. The Morgan fingerprint density at radius 2 is 1.19 bits per heavy atom. The van der Waals surface area contributed by atoms with Crippen molar-refractivity contribution in [1.29, 1.82) is 0 Å². The smallest absolute Gasteiger partial charge is 0.255 e. The van der Waals surface area contributed by atoms with Crippen molar-refractivity contribution >= 4 is 99.5 Å². The molecule has 7 heteroatoms. The van der Waals surface area contributed by atoms with Gasteiger partial charge in [0.25, 0.3) is 13.4 Å². The lowest BCUT2D eigenvalue weighted by molar-refractivity contribution is 0.469. The number of hydrogen-bond donors (Lipinski definition) is 0. The third-order valence-electron chi connectivity index (χ3n) is 11.3. The molecule has 5 heterocycles. The molecule has 0 unspecified atom stereocenters. The average molecular weight is 706 g/mol. The molecule has 7 aromatic carbocycles. The van der Waals surface area contributed by atoms with Gasteiger partial charge >= 0.3 is 0 Å². The lowest BCUT2D eigenvalue weighted by atomic mass is 9.32.